The van der Waals surface area contributed by atoms with Crippen LogP contribution in [0.5, 0.6) is 5.75 Å². The van der Waals surface area contributed by atoms with Crippen LogP contribution in [0.2, 0.25) is 0 Å². The van der Waals surface area contributed by atoms with Gasteiger partial charge in [-0.15, -0.1) is 0 Å². The lowest BCUT2D eigenvalue weighted by molar-refractivity contribution is -0.131. The van der Waals surface area contributed by atoms with E-state index in [-0.39, 0.29) is 24.7 Å². The molecule has 1 N–H and O–H groups in total. The third-order valence-corrected chi connectivity index (χ3v) is 4.81. The molecular weight excluding hydrogens is 311 g/mol. The normalized spacial score (nSPS) is 24.5. The Kier molecular flexibility index (Phi) is 5.36. The molecule has 5 nitrogen and oxygen atoms in total. The molecule has 2 fully saturated rings. The maximum absolute atomic E-state index is 13.5. The first-order valence-electron chi connectivity index (χ1n) is 8.66. The molecule has 0 spiro atoms. The van der Waals surface area contributed by atoms with Crippen LogP contribution in [-0.4, -0.2) is 65.7 Å². The van der Waals surface area contributed by atoms with Crippen molar-refractivity contribution >= 4 is 5.91 Å². The molecule has 1 amide bonds. The lowest BCUT2D eigenvalue weighted by Gasteiger charge is -2.28. The number of carbonyl (C=O) groups excluding carboxylic acids is 1. The molecule has 0 bridgehead atoms. The van der Waals surface area contributed by atoms with Gasteiger partial charge in [0.05, 0.1) is 25.2 Å². The number of aliphatic hydroxyl groups is 1. The number of β-amino-alcohol motifs (C(OH)–C–C–N with tert-alkyl or cyclic N) is 1. The van der Waals surface area contributed by atoms with Crippen molar-refractivity contribution in [2.75, 3.05) is 39.3 Å². The standard InChI is InChI=1S/C18H25FN2O3/c19-15-5-1-2-6-16(15)24-12-7-17(22)21-11-8-18(23,14-21)13-20-9-3-4-10-20/h1-2,5-6,23H,3-4,7-14H2/t18-/m0/s1. The van der Waals surface area contributed by atoms with Crippen LogP contribution in [0.3, 0.4) is 0 Å². The molecule has 0 aliphatic carbocycles. The van der Waals surface area contributed by atoms with Crippen molar-refractivity contribution in [1.82, 2.24) is 9.80 Å². The highest BCUT2D eigenvalue weighted by Crippen LogP contribution is 2.25. The van der Waals surface area contributed by atoms with Crippen molar-refractivity contribution in [2.45, 2.75) is 31.3 Å². The SMILES string of the molecule is O=C(CCOc1ccccc1F)N1CC[C@](O)(CN2CCCC2)C1. The Morgan fingerprint density at radius 3 is 2.75 bits per heavy atom. The Labute approximate surface area is 142 Å². The minimum Gasteiger partial charge on any atom is -0.490 e. The van der Waals surface area contributed by atoms with Crippen LogP contribution in [0.25, 0.3) is 0 Å². The highest BCUT2D eigenvalue weighted by atomic mass is 19.1. The first-order chi connectivity index (χ1) is 11.6. The maximum Gasteiger partial charge on any atom is 0.226 e. The number of amides is 1. The van der Waals surface area contributed by atoms with Crippen molar-refractivity contribution in [3.8, 4) is 5.75 Å². The van der Waals surface area contributed by atoms with Gasteiger partial charge in [0.2, 0.25) is 5.91 Å². The fraction of sp³-hybridized carbons (Fsp3) is 0.611. The van der Waals surface area contributed by atoms with Gasteiger partial charge in [-0.1, -0.05) is 12.1 Å². The van der Waals surface area contributed by atoms with Crippen molar-refractivity contribution in [1.29, 1.82) is 0 Å². The molecular formula is C18H25FN2O3. The van der Waals surface area contributed by atoms with Gasteiger partial charge in [-0.05, 0) is 44.5 Å². The monoisotopic (exact) mass is 336 g/mol. The summed E-state index contributed by atoms with van der Waals surface area (Å²) in [5.41, 5.74) is -0.799. The fourth-order valence-electron chi connectivity index (χ4n) is 3.52. The average Bonchev–Trinajstić information content (AvgIpc) is 3.19. The number of carbonyl (C=O) groups is 1. The Morgan fingerprint density at radius 1 is 1.25 bits per heavy atom. The lowest BCUT2D eigenvalue weighted by atomic mass is 10.0. The summed E-state index contributed by atoms with van der Waals surface area (Å²) in [4.78, 5) is 16.2. The van der Waals surface area contributed by atoms with Crippen molar-refractivity contribution < 1.29 is 19.0 Å². The van der Waals surface area contributed by atoms with E-state index in [1.807, 2.05) is 0 Å². The van der Waals surface area contributed by atoms with Gasteiger partial charge in [0.25, 0.3) is 0 Å². The van der Waals surface area contributed by atoms with Gasteiger partial charge in [-0.3, -0.25) is 4.79 Å². The summed E-state index contributed by atoms with van der Waals surface area (Å²) in [5, 5.41) is 10.7. The highest BCUT2D eigenvalue weighted by Gasteiger charge is 2.39. The number of nitrogens with zero attached hydrogens (tertiary/aromatic N) is 2. The van der Waals surface area contributed by atoms with E-state index in [0.29, 0.717) is 26.1 Å². The van der Waals surface area contributed by atoms with Crippen LogP contribution < -0.4 is 4.74 Å². The van der Waals surface area contributed by atoms with E-state index in [9.17, 15) is 14.3 Å². The summed E-state index contributed by atoms with van der Waals surface area (Å²) < 4.78 is 18.8. The number of halogens is 1. The predicted octanol–water partition coefficient (Wildman–Crippen LogP) is 1.65. The molecule has 0 aromatic heterocycles. The Morgan fingerprint density at radius 2 is 2.00 bits per heavy atom. The molecule has 2 saturated heterocycles. The Balaban J connectivity index is 1.43. The van der Waals surface area contributed by atoms with E-state index in [2.05, 4.69) is 4.90 Å². The first-order valence-corrected chi connectivity index (χ1v) is 8.66. The van der Waals surface area contributed by atoms with Crippen LogP contribution in [0.4, 0.5) is 4.39 Å². The summed E-state index contributed by atoms with van der Waals surface area (Å²) in [6.07, 6.45) is 3.18. The summed E-state index contributed by atoms with van der Waals surface area (Å²) in [6.45, 7) is 3.80. The molecule has 2 aliphatic heterocycles. The minimum absolute atomic E-state index is 0.0521. The second kappa shape index (κ2) is 7.49. The van der Waals surface area contributed by atoms with Crippen LogP contribution in [0.15, 0.2) is 24.3 Å². The maximum atomic E-state index is 13.5. The van der Waals surface area contributed by atoms with E-state index in [1.165, 1.54) is 18.9 Å². The number of likely N-dealkylation sites (tertiary alicyclic amines) is 2. The second-order valence-corrected chi connectivity index (χ2v) is 6.80. The summed E-state index contributed by atoms with van der Waals surface area (Å²) in [7, 11) is 0. The van der Waals surface area contributed by atoms with E-state index >= 15 is 0 Å². The molecule has 3 rings (SSSR count). The summed E-state index contributed by atoms with van der Waals surface area (Å²) >= 11 is 0. The molecule has 0 saturated carbocycles. The fourth-order valence-corrected chi connectivity index (χ4v) is 3.52. The predicted molar refractivity (Wildman–Crippen MR) is 88.3 cm³/mol. The van der Waals surface area contributed by atoms with E-state index in [0.717, 1.165) is 13.1 Å². The Hall–Kier alpha value is -1.66. The summed E-state index contributed by atoms with van der Waals surface area (Å²) in [6, 6.07) is 6.17. The van der Waals surface area contributed by atoms with Gasteiger partial charge in [-0.25, -0.2) is 4.39 Å². The van der Waals surface area contributed by atoms with Crippen LogP contribution in [0, 0.1) is 5.82 Å². The summed E-state index contributed by atoms with van der Waals surface area (Å²) in [5.74, 6) is -0.313. The second-order valence-electron chi connectivity index (χ2n) is 6.80. The van der Waals surface area contributed by atoms with Crippen molar-refractivity contribution in [2.24, 2.45) is 0 Å². The smallest absolute Gasteiger partial charge is 0.226 e. The van der Waals surface area contributed by atoms with Gasteiger partial charge in [0.15, 0.2) is 11.6 Å². The van der Waals surface area contributed by atoms with E-state index in [4.69, 9.17) is 4.74 Å². The topological polar surface area (TPSA) is 53.0 Å². The third-order valence-electron chi connectivity index (χ3n) is 4.81. The van der Waals surface area contributed by atoms with Crippen LogP contribution in [-0.2, 0) is 4.79 Å². The van der Waals surface area contributed by atoms with Crippen LogP contribution in [0.1, 0.15) is 25.7 Å². The lowest BCUT2D eigenvalue weighted by Crippen LogP contribution is -2.45. The van der Waals surface area contributed by atoms with Gasteiger partial charge in [0, 0.05) is 13.1 Å². The molecule has 24 heavy (non-hydrogen) atoms. The average molecular weight is 336 g/mol. The van der Waals surface area contributed by atoms with Gasteiger partial charge in [-0.2, -0.15) is 0 Å². The molecule has 2 heterocycles. The molecule has 0 unspecified atom stereocenters. The van der Waals surface area contributed by atoms with Gasteiger partial charge >= 0.3 is 0 Å². The number of hydrogen-bond donors (Lipinski definition) is 1. The zero-order valence-electron chi connectivity index (χ0n) is 13.9. The Bertz CT molecular complexity index is 577. The quantitative estimate of drug-likeness (QED) is 0.858. The molecule has 2 aliphatic rings. The molecule has 132 valence electrons. The number of ether oxygens (including phenoxy) is 1. The number of benzene rings is 1. The molecule has 6 heteroatoms. The number of hydrogen-bond acceptors (Lipinski definition) is 4. The molecule has 1 aromatic rings. The van der Waals surface area contributed by atoms with E-state index in [1.54, 1.807) is 23.1 Å². The number of rotatable bonds is 6. The largest absolute Gasteiger partial charge is 0.490 e. The molecule has 0 radical (unpaired) electrons. The van der Waals surface area contributed by atoms with Gasteiger partial charge < -0.3 is 19.6 Å². The zero-order chi connectivity index (χ0) is 17.0. The third kappa shape index (κ3) is 4.24. The van der Waals surface area contributed by atoms with Gasteiger partial charge in [0.1, 0.15) is 0 Å². The minimum atomic E-state index is -0.799. The van der Waals surface area contributed by atoms with Crippen LogP contribution >= 0.6 is 0 Å². The first kappa shape index (κ1) is 17.2. The highest BCUT2D eigenvalue weighted by molar-refractivity contribution is 5.76. The van der Waals surface area contributed by atoms with Crippen molar-refractivity contribution in [3.05, 3.63) is 30.1 Å². The molecule has 1 aromatic carbocycles. The molecule has 1 atom stereocenters. The van der Waals surface area contributed by atoms with Crippen molar-refractivity contribution in [3.63, 3.8) is 0 Å². The van der Waals surface area contributed by atoms with E-state index < -0.39 is 11.4 Å². The zero-order valence-corrected chi connectivity index (χ0v) is 13.9. The number of para-hydroxylation sites is 1.